The Balaban J connectivity index is 2.15. The molecule has 1 aromatic rings. The molecule has 1 saturated carbocycles. The highest BCUT2D eigenvalue weighted by atomic mass is 19.4. The predicted molar refractivity (Wildman–Crippen MR) is 101 cm³/mol. The summed E-state index contributed by atoms with van der Waals surface area (Å²) in [5.41, 5.74) is -0.895. The lowest BCUT2D eigenvalue weighted by Crippen LogP contribution is -2.41. The number of benzene rings is 1. The van der Waals surface area contributed by atoms with Crippen LogP contribution >= 0.6 is 0 Å². The first-order chi connectivity index (χ1) is 13.8. The van der Waals surface area contributed by atoms with Crippen LogP contribution < -0.4 is 4.74 Å². The molecule has 2 rings (SSSR count). The van der Waals surface area contributed by atoms with Gasteiger partial charge in [-0.05, 0) is 57.7 Å². The van der Waals surface area contributed by atoms with Gasteiger partial charge in [0.2, 0.25) is 0 Å². The number of hydrogen-bond donors (Lipinski definition) is 1. The average molecular weight is 430 g/mol. The Bertz CT molecular complexity index is 785. The van der Waals surface area contributed by atoms with Gasteiger partial charge in [0.05, 0.1) is 12.2 Å². The van der Waals surface area contributed by atoms with E-state index >= 15 is 0 Å². The fourth-order valence-electron chi connectivity index (χ4n) is 3.04. The zero-order chi connectivity index (χ0) is 22.7. The average Bonchev–Trinajstić information content (AvgIpc) is 3.33. The zero-order valence-electron chi connectivity index (χ0n) is 17.1. The van der Waals surface area contributed by atoms with E-state index in [-0.39, 0.29) is 12.2 Å². The van der Waals surface area contributed by atoms with Crippen molar-refractivity contribution in [1.82, 2.24) is 0 Å². The third-order valence-electron chi connectivity index (χ3n) is 4.48. The Morgan fingerprint density at radius 1 is 1.10 bits per heavy atom. The number of rotatable bonds is 8. The molecule has 1 aromatic carbocycles. The van der Waals surface area contributed by atoms with Crippen LogP contribution in [0.25, 0.3) is 6.08 Å². The second-order valence-electron chi connectivity index (χ2n) is 7.67. The third-order valence-corrected chi connectivity index (χ3v) is 4.48. The highest BCUT2D eigenvalue weighted by Crippen LogP contribution is 2.57. The van der Waals surface area contributed by atoms with Crippen LogP contribution in [-0.2, 0) is 19.1 Å². The topological polar surface area (TPSA) is 82.1 Å². The first-order valence-corrected chi connectivity index (χ1v) is 9.49. The minimum Gasteiger partial charge on any atom is -0.462 e. The molecule has 3 atom stereocenters. The van der Waals surface area contributed by atoms with E-state index in [0.29, 0.717) is 5.56 Å². The highest BCUT2D eigenvalue weighted by molar-refractivity contribution is 5.90. The number of aliphatic hydroxyl groups excluding tert-OH is 1. The number of ether oxygens (including phenoxy) is 3. The van der Waals surface area contributed by atoms with Gasteiger partial charge >= 0.3 is 18.3 Å². The van der Waals surface area contributed by atoms with E-state index < -0.39 is 47.9 Å². The molecule has 166 valence electrons. The number of esters is 2. The monoisotopic (exact) mass is 430 g/mol. The smallest absolute Gasteiger partial charge is 0.462 e. The highest BCUT2D eigenvalue weighted by Gasteiger charge is 2.67. The van der Waals surface area contributed by atoms with Crippen LogP contribution in [0.1, 0.15) is 39.7 Å². The summed E-state index contributed by atoms with van der Waals surface area (Å²) in [5.74, 6) is -2.46. The minimum atomic E-state index is -4.78. The normalized spacial score (nSPS) is 22.3. The summed E-state index contributed by atoms with van der Waals surface area (Å²) in [6.45, 7) is 6.56. The lowest BCUT2D eigenvalue weighted by molar-refractivity contribution is -0.274. The number of hydrogen-bond acceptors (Lipinski definition) is 6. The van der Waals surface area contributed by atoms with Crippen molar-refractivity contribution in [3.05, 3.63) is 35.9 Å². The first-order valence-electron chi connectivity index (χ1n) is 9.49. The van der Waals surface area contributed by atoms with Gasteiger partial charge in [-0.25, -0.2) is 4.79 Å². The van der Waals surface area contributed by atoms with Gasteiger partial charge < -0.3 is 19.3 Å². The number of allylic oxidation sites excluding steroid dienone is 1. The van der Waals surface area contributed by atoms with Gasteiger partial charge in [-0.3, -0.25) is 4.79 Å². The molecule has 9 heteroatoms. The summed E-state index contributed by atoms with van der Waals surface area (Å²) in [5, 5.41) is 10.5. The van der Waals surface area contributed by atoms with Gasteiger partial charge in [0.25, 0.3) is 0 Å². The molecule has 2 unspecified atom stereocenters. The molecule has 0 amide bonds. The molecule has 1 aliphatic rings. The third kappa shape index (κ3) is 5.98. The van der Waals surface area contributed by atoms with Gasteiger partial charge in [-0.1, -0.05) is 24.3 Å². The van der Waals surface area contributed by atoms with Gasteiger partial charge in [-0.2, -0.15) is 0 Å². The van der Waals surface area contributed by atoms with Crippen LogP contribution in [0.15, 0.2) is 30.3 Å². The van der Waals surface area contributed by atoms with Crippen molar-refractivity contribution in [2.75, 3.05) is 0 Å². The maximum Gasteiger partial charge on any atom is 0.573 e. The molecule has 0 heterocycles. The predicted octanol–water partition coefficient (Wildman–Crippen LogP) is 3.87. The molecule has 0 aliphatic heterocycles. The summed E-state index contributed by atoms with van der Waals surface area (Å²) in [4.78, 5) is 24.8. The molecule has 0 aromatic heterocycles. The van der Waals surface area contributed by atoms with Crippen LogP contribution in [0.4, 0.5) is 13.2 Å². The van der Waals surface area contributed by atoms with Crippen molar-refractivity contribution in [3.63, 3.8) is 0 Å². The molecular weight excluding hydrogens is 405 g/mol. The molecule has 0 radical (unpaired) electrons. The molecule has 1 aliphatic carbocycles. The summed E-state index contributed by atoms with van der Waals surface area (Å²) in [6, 6.07) is 5.15. The Morgan fingerprint density at radius 3 is 2.17 bits per heavy atom. The van der Waals surface area contributed by atoms with E-state index in [0.717, 1.165) is 12.1 Å². The molecule has 30 heavy (non-hydrogen) atoms. The van der Waals surface area contributed by atoms with Gasteiger partial charge in [0.1, 0.15) is 11.2 Å². The standard InChI is InChI=1S/C21H25F3O6/c1-12(2)28-18(26)17(25)20(19(27)29-13(3)4)11-15(20)8-5-14-6-9-16(10-7-14)30-21(22,23)24/h5-10,12-13,15,17,25H,11H2,1-4H3/b8-5+/t15?,17-,20?/m1/s1. The lowest BCUT2D eigenvalue weighted by atomic mass is 9.95. The van der Waals surface area contributed by atoms with Crippen molar-refractivity contribution in [2.45, 2.75) is 58.8 Å². The van der Waals surface area contributed by atoms with Crippen LogP contribution in [0.3, 0.4) is 0 Å². The largest absolute Gasteiger partial charge is 0.573 e. The lowest BCUT2D eigenvalue weighted by Gasteiger charge is -2.23. The summed E-state index contributed by atoms with van der Waals surface area (Å²) >= 11 is 0. The van der Waals surface area contributed by atoms with Crippen LogP contribution in [-0.4, -0.2) is 41.7 Å². The van der Waals surface area contributed by atoms with Gasteiger partial charge in [0, 0.05) is 0 Å². The summed E-state index contributed by atoms with van der Waals surface area (Å²) in [6.07, 6.45) is -3.98. The maximum atomic E-state index is 12.6. The number of carbonyl (C=O) groups is 2. The molecule has 1 fully saturated rings. The fraction of sp³-hybridized carbons (Fsp3) is 0.524. The number of halogens is 3. The number of alkyl halides is 3. The molecule has 1 N–H and O–H groups in total. The molecule has 0 bridgehead atoms. The van der Waals surface area contributed by atoms with Gasteiger partial charge in [-0.15, -0.1) is 13.2 Å². The Hall–Kier alpha value is -2.55. The van der Waals surface area contributed by atoms with E-state index in [1.54, 1.807) is 39.8 Å². The van der Waals surface area contributed by atoms with E-state index in [4.69, 9.17) is 9.47 Å². The first kappa shape index (κ1) is 23.7. The fourth-order valence-corrected chi connectivity index (χ4v) is 3.04. The van der Waals surface area contributed by atoms with E-state index in [1.807, 2.05) is 0 Å². The minimum absolute atomic E-state index is 0.179. The Labute approximate surface area is 172 Å². The summed E-state index contributed by atoms with van der Waals surface area (Å²) < 4.78 is 50.8. The second kappa shape index (κ2) is 9.07. The Morgan fingerprint density at radius 2 is 1.67 bits per heavy atom. The van der Waals surface area contributed by atoms with Gasteiger partial charge in [0.15, 0.2) is 6.10 Å². The molecule has 0 saturated heterocycles. The quantitative estimate of drug-likeness (QED) is 0.631. The van der Waals surface area contributed by atoms with E-state index in [9.17, 15) is 27.9 Å². The van der Waals surface area contributed by atoms with E-state index in [2.05, 4.69) is 4.74 Å². The van der Waals surface area contributed by atoms with Crippen LogP contribution in [0, 0.1) is 11.3 Å². The molecular formula is C21H25F3O6. The number of aliphatic hydroxyl groups is 1. The van der Waals surface area contributed by atoms with E-state index in [1.165, 1.54) is 12.1 Å². The number of carbonyl (C=O) groups excluding carboxylic acids is 2. The SMILES string of the molecule is CC(C)OC(=O)[C@@H](O)C1(C(=O)OC(C)C)CC1/C=C/c1ccc(OC(F)(F)F)cc1. The van der Waals surface area contributed by atoms with Crippen molar-refractivity contribution in [3.8, 4) is 5.75 Å². The van der Waals surface area contributed by atoms with Crippen LogP contribution in [0.5, 0.6) is 5.75 Å². The molecule has 6 nitrogen and oxygen atoms in total. The molecule has 0 spiro atoms. The van der Waals surface area contributed by atoms with Crippen molar-refractivity contribution in [1.29, 1.82) is 0 Å². The maximum absolute atomic E-state index is 12.6. The summed E-state index contributed by atoms with van der Waals surface area (Å²) in [7, 11) is 0. The van der Waals surface area contributed by atoms with Crippen LogP contribution in [0.2, 0.25) is 0 Å². The zero-order valence-corrected chi connectivity index (χ0v) is 17.1. The van der Waals surface area contributed by atoms with Crippen molar-refractivity contribution < 1.29 is 42.1 Å². The second-order valence-corrected chi connectivity index (χ2v) is 7.67. The Kier molecular flexibility index (Phi) is 7.18. The van der Waals surface area contributed by atoms with Crippen molar-refractivity contribution >= 4 is 18.0 Å². The van der Waals surface area contributed by atoms with Crippen molar-refractivity contribution in [2.24, 2.45) is 11.3 Å².